The first kappa shape index (κ1) is 16.3. The first-order chi connectivity index (χ1) is 12.1. The van der Waals surface area contributed by atoms with Crippen LogP contribution in [-0.2, 0) is 0 Å². The van der Waals surface area contributed by atoms with Crippen molar-refractivity contribution in [3.63, 3.8) is 0 Å². The topological polar surface area (TPSA) is 33.4 Å². The molecular formula is C18H17ClF2N4. The second-order valence-electron chi connectivity index (χ2n) is 6.46. The van der Waals surface area contributed by atoms with Gasteiger partial charge in [0, 0.05) is 25.5 Å². The van der Waals surface area contributed by atoms with Gasteiger partial charge in [0.1, 0.15) is 22.6 Å². The van der Waals surface area contributed by atoms with E-state index in [0.29, 0.717) is 17.5 Å². The Balaban J connectivity index is 2.00. The van der Waals surface area contributed by atoms with Crippen molar-refractivity contribution < 1.29 is 8.78 Å². The van der Waals surface area contributed by atoms with Gasteiger partial charge in [0.25, 0.3) is 0 Å². The van der Waals surface area contributed by atoms with E-state index < -0.39 is 11.6 Å². The molecule has 0 atom stereocenters. The number of halogens is 3. The number of imidazole rings is 1. The smallest absolute Gasteiger partial charge is 0.236 e. The van der Waals surface area contributed by atoms with Gasteiger partial charge in [-0.15, -0.1) is 0 Å². The van der Waals surface area contributed by atoms with Crippen LogP contribution in [0.25, 0.3) is 16.9 Å². The molecule has 0 spiro atoms. The first-order valence-corrected chi connectivity index (χ1v) is 8.66. The van der Waals surface area contributed by atoms with Crippen LogP contribution in [-0.4, -0.2) is 27.5 Å². The summed E-state index contributed by atoms with van der Waals surface area (Å²) in [7, 11) is 0. The number of anilines is 1. The summed E-state index contributed by atoms with van der Waals surface area (Å²) in [4.78, 5) is 10.5. The second-order valence-corrected chi connectivity index (χ2v) is 6.82. The zero-order valence-corrected chi connectivity index (χ0v) is 14.5. The SMILES string of the molecule is CC1CCN(c2c(-c3c(F)cccc3F)c(Cl)nc3nccn23)CC1. The Kier molecular flexibility index (Phi) is 4.07. The second kappa shape index (κ2) is 6.26. The van der Waals surface area contributed by atoms with Crippen LogP contribution in [0.4, 0.5) is 14.6 Å². The molecule has 0 bridgehead atoms. The van der Waals surface area contributed by atoms with Crippen LogP contribution in [0.5, 0.6) is 0 Å². The van der Waals surface area contributed by atoms with Crippen molar-refractivity contribution in [3.8, 4) is 11.1 Å². The predicted molar refractivity (Wildman–Crippen MR) is 94.0 cm³/mol. The van der Waals surface area contributed by atoms with Gasteiger partial charge in [-0.2, -0.15) is 4.98 Å². The monoisotopic (exact) mass is 362 g/mol. The molecule has 1 fully saturated rings. The average molecular weight is 363 g/mol. The molecule has 1 saturated heterocycles. The molecule has 2 aromatic heterocycles. The Bertz CT molecular complexity index is 912. The van der Waals surface area contributed by atoms with Crippen LogP contribution < -0.4 is 4.90 Å². The molecule has 4 rings (SSSR count). The molecule has 1 aliphatic rings. The Labute approximate surface area is 149 Å². The Morgan fingerprint density at radius 1 is 1.12 bits per heavy atom. The Morgan fingerprint density at radius 2 is 1.80 bits per heavy atom. The summed E-state index contributed by atoms with van der Waals surface area (Å²) in [5.74, 6) is 0.368. The van der Waals surface area contributed by atoms with E-state index in [1.165, 1.54) is 18.2 Å². The summed E-state index contributed by atoms with van der Waals surface area (Å²) < 4.78 is 30.7. The third-order valence-electron chi connectivity index (χ3n) is 4.77. The van der Waals surface area contributed by atoms with E-state index >= 15 is 0 Å². The molecule has 0 radical (unpaired) electrons. The molecule has 0 amide bonds. The van der Waals surface area contributed by atoms with Gasteiger partial charge in [0.2, 0.25) is 5.78 Å². The van der Waals surface area contributed by atoms with Gasteiger partial charge in [0.15, 0.2) is 0 Å². The Morgan fingerprint density at radius 3 is 2.48 bits per heavy atom. The maximum Gasteiger partial charge on any atom is 0.236 e. The number of aromatic nitrogens is 3. The lowest BCUT2D eigenvalue weighted by Crippen LogP contribution is -2.34. The first-order valence-electron chi connectivity index (χ1n) is 8.28. The van der Waals surface area contributed by atoms with Gasteiger partial charge in [0.05, 0.1) is 11.1 Å². The van der Waals surface area contributed by atoms with Gasteiger partial charge >= 0.3 is 0 Å². The quantitative estimate of drug-likeness (QED) is 0.626. The highest BCUT2D eigenvalue weighted by Crippen LogP contribution is 2.40. The maximum atomic E-state index is 14.5. The fourth-order valence-corrected chi connectivity index (χ4v) is 3.64. The van der Waals surface area contributed by atoms with Crippen molar-refractivity contribution in [1.82, 2.24) is 14.4 Å². The highest BCUT2D eigenvalue weighted by atomic mass is 35.5. The lowest BCUT2D eigenvalue weighted by atomic mass is 9.98. The van der Waals surface area contributed by atoms with Crippen LogP contribution in [0.1, 0.15) is 19.8 Å². The summed E-state index contributed by atoms with van der Waals surface area (Å²) in [6.07, 6.45) is 5.37. The fourth-order valence-electron chi connectivity index (χ4n) is 3.38. The number of rotatable bonds is 2. The minimum atomic E-state index is -0.658. The maximum absolute atomic E-state index is 14.5. The third-order valence-corrected chi connectivity index (χ3v) is 5.05. The molecule has 3 heterocycles. The zero-order valence-electron chi connectivity index (χ0n) is 13.7. The van der Waals surface area contributed by atoms with Crippen molar-refractivity contribution >= 4 is 23.2 Å². The number of piperidine rings is 1. The molecule has 1 aliphatic heterocycles. The van der Waals surface area contributed by atoms with E-state index in [0.717, 1.165) is 25.9 Å². The number of fused-ring (bicyclic) bond motifs is 1. The Hall–Kier alpha value is -2.21. The van der Waals surface area contributed by atoms with Gasteiger partial charge in [-0.1, -0.05) is 24.6 Å². The largest absolute Gasteiger partial charge is 0.357 e. The summed E-state index contributed by atoms with van der Waals surface area (Å²) >= 11 is 6.37. The van der Waals surface area contributed by atoms with E-state index in [-0.39, 0.29) is 16.3 Å². The third kappa shape index (κ3) is 2.74. The zero-order chi connectivity index (χ0) is 17.6. The van der Waals surface area contributed by atoms with E-state index in [9.17, 15) is 8.78 Å². The summed E-state index contributed by atoms with van der Waals surface area (Å²) in [5.41, 5.74) is 0.126. The molecule has 7 heteroatoms. The fraction of sp³-hybridized carbons (Fsp3) is 0.333. The number of nitrogens with zero attached hydrogens (tertiary/aromatic N) is 4. The molecule has 0 saturated carbocycles. The summed E-state index contributed by atoms with van der Waals surface area (Å²) in [6.45, 7) is 3.79. The molecular weight excluding hydrogens is 346 g/mol. The minimum absolute atomic E-state index is 0.0521. The van der Waals surface area contributed by atoms with Gasteiger partial charge in [-0.25, -0.2) is 13.8 Å². The molecule has 0 aliphatic carbocycles. The van der Waals surface area contributed by atoms with Crippen LogP contribution in [0.15, 0.2) is 30.6 Å². The lowest BCUT2D eigenvalue weighted by molar-refractivity contribution is 0.436. The average Bonchev–Trinajstić information content (AvgIpc) is 3.03. The number of benzene rings is 1. The molecule has 0 N–H and O–H groups in total. The van der Waals surface area contributed by atoms with Crippen LogP contribution in [0.3, 0.4) is 0 Å². The number of hydrogen-bond donors (Lipinski definition) is 0. The molecule has 1 aromatic carbocycles. The van der Waals surface area contributed by atoms with E-state index in [4.69, 9.17) is 11.6 Å². The van der Waals surface area contributed by atoms with E-state index in [1.807, 2.05) is 0 Å². The lowest BCUT2D eigenvalue weighted by Gasteiger charge is -2.34. The van der Waals surface area contributed by atoms with Crippen molar-refractivity contribution in [2.75, 3.05) is 18.0 Å². The highest BCUT2D eigenvalue weighted by molar-refractivity contribution is 6.33. The van der Waals surface area contributed by atoms with Crippen LogP contribution in [0, 0.1) is 17.6 Å². The van der Waals surface area contributed by atoms with Gasteiger partial charge in [-0.05, 0) is 30.9 Å². The van der Waals surface area contributed by atoms with Crippen molar-refractivity contribution in [2.45, 2.75) is 19.8 Å². The molecule has 3 aromatic rings. The van der Waals surface area contributed by atoms with E-state index in [1.54, 1.807) is 16.8 Å². The highest BCUT2D eigenvalue weighted by Gasteiger charge is 2.27. The summed E-state index contributed by atoms with van der Waals surface area (Å²) in [5, 5.41) is 0.0521. The van der Waals surface area contributed by atoms with Crippen molar-refractivity contribution in [2.24, 2.45) is 5.92 Å². The van der Waals surface area contributed by atoms with Crippen molar-refractivity contribution in [1.29, 1.82) is 0 Å². The van der Waals surface area contributed by atoms with Crippen molar-refractivity contribution in [3.05, 3.63) is 47.4 Å². The predicted octanol–water partition coefficient (Wildman–Crippen LogP) is 4.56. The summed E-state index contributed by atoms with van der Waals surface area (Å²) in [6, 6.07) is 3.80. The molecule has 25 heavy (non-hydrogen) atoms. The van der Waals surface area contributed by atoms with Gasteiger partial charge < -0.3 is 4.90 Å². The van der Waals surface area contributed by atoms with Crippen LogP contribution >= 0.6 is 11.6 Å². The van der Waals surface area contributed by atoms with Crippen LogP contribution in [0.2, 0.25) is 5.15 Å². The molecule has 0 unspecified atom stereocenters. The minimum Gasteiger partial charge on any atom is -0.357 e. The standard InChI is InChI=1S/C18H17ClF2N4/c1-11-5-8-24(9-6-11)17-15(14-12(20)3-2-4-13(14)21)16(19)23-18-22-7-10-25(17)18/h2-4,7,10-11H,5-6,8-9H2,1H3. The normalized spacial score (nSPS) is 15.9. The molecule has 130 valence electrons. The number of hydrogen-bond acceptors (Lipinski definition) is 3. The molecule has 4 nitrogen and oxygen atoms in total. The van der Waals surface area contributed by atoms with E-state index in [2.05, 4.69) is 21.8 Å². The van der Waals surface area contributed by atoms with Gasteiger partial charge in [-0.3, -0.25) is 4.40 Å².